The van der Waals surface area contributed by atoms with Crippen LogP contribution in [0.4, 0.5) is 5.82 Å². The van der Waals surface area contributed by atoms with Crippen LogP contribution in [0, 0.1) is 12.8 Å². The van der Waals surface area contributed by atoms with Crippen LogP contribution in [0.25, 0.3) is 0 Å². The van der Waals surface area contributed by atoms with Crippen LogP contribution in [0.3, 0.4) is 0 Å². The zero-order valence-corrected chi connectivity index (χ0v) is 13.7. The molecule has 3 atom stereocenters. The van der Waals surface area contributed by atoms with Gasteiger partial charge in [-0.3, -0.25) is 9.58 Å². The second kappa shape index (κ2) is 5.88. The highest BCUT2D eigenvalue weighted by atomic mass is 15.3. The van der Waals surface area contributed by atoms with Gasteiger partial charge in [-0.1, -0.05) is 0 Å². The molecule has 0 spiro atoms. The van der Waals surface area contributed by atoms with Crippen molar-refractivity contribution in [1.82, 2.24) is 29.9 Å². The van der Waals surface area contributed by atoms with Gasteiger partial charge < -0.3 is 4.90 Å². The Labute approximate surface area is 136 Å². The Morgan fingerprint density at radius 3 is 2.91 bits per heavy atom. The zero-order valence-electron chi connectivity index (χ0n) is 13.7. The number of likely N-dealkylation sites (tertiary alicyclic amines) is 1. The second-order valence-electron chi connectivity index (χ2n) is 6.77. The minimum Gasteiger partial charge on any atom is -0.355 e. The predicted molar refractivity (Wildman–Crippen MR) is 87.1 cm³/mol. The molecule has 0 radical (unpaired) electrons. The van der Waals surface area contributed by atoms with Gasteiger partial charge in [0.15, 0.2) is 5.82 Å². The molecule has 2 aliphatic rings. The Morgan fingerprint density at radius 1 is 1.26 bits per heavy atom. The Kier molecular flexibility index (Phi) is 3.72. The number of likely N-dealkylation sites (N-methyl/N-ethyl adjacent to an activating group) is 1. The highest BCUT2D eigenvalue weighted by Gasteiger charge is 2.42. The highest BCUT2D eigenvalue weighted by Crippen LogP contribution is 2.36. The molecule has 0 saturated carbocycles. The van der Waals surface area contributed by atoms with Crippen LogP contribution in [0.5, 0.6) is 0 Å². The third-order valence-electron chi connectivity index (χ3n) is 5.34. The molecule has 2 fully saturated rings. The average molecular weight is 313 g/mol. The van der Waals surface area contributed by atoms with Crippen LogP contribution in [0.2, 0.25) is 0 Å². The van der Waals surface area contributed by atoms with Crippen molar-refractivity contribution in [2.24, 2.45) is 5.92 Å². The van der Waals surface area contributed by atoms with Crippen LogP contribution in [-0.4, -0.2) is 62.1 Å². The maximum absolute atomic E-state index is 4.35. The molecule has 7 heteroatoms. The first-order valence-corrected chi connectivity index (χ1v) is 8.30. The number of rotatable bonds is 3. The van der Waals surface area contributed by atoms with Crippen LogP contribution in [0.15, 0.2) is 24.8 Å². The summed E-state index contributed by atoms with van der Waals surface area (Å²) in [5, 5.41) is 12.8. The largest absolute Gasteiger partial charge is 0.355 e. The van der Waals surface area contributed by atoms with Gasteiger partial charge in [0.1, 0.15) is 12.7 Å². The van der Waals surface area contributed by atoms with Crippen molar-refractivity contribution < 1.29 is 0 Å². The molecule has 0 aliphatic carbocycles. The molecular formula is C16H23N7. The molecule has 2 aromatic rings. The molecule has 2 aliphatic heterocycles. The summed E-state index contributed by atoms with van der Waals surface area (Å²) in [5.74, 6) is 1.70. The second-order valence-corrected chi connectivity index (χ2v) is 6.77. The summed E-state index contributed by atoms with van der Waals surface area (Å²) in [6, 6.07) is 5.34. The molecule has 2 saturated heterocycles. The van der Waals surface area contributed by atoms with Crippen LogP contribution in [-0.2, 0) is 6.54 Å². The molecule has 0 amide bonds. The predicted octanol–water partition coefficient (Wildman–Crippen LogP) is 0.976. The van der Waals surface area contributed by atoms with E-state index < -0.39 is 0 Å². The summed E-state index contributed by atoms with van der Waals surface area (Å²) in [7, 11) is 2.26. The SMILES string of the molecule is Cc1ccc(N2CC[C@@H]3[C@@H](C[C@H](Cn4cncn4)N3C)C2)nn1. The maximum atomic E-state index is 4.35. The third-order valence-corrected chi connectivity index (χ3v) is 5.34. The molecule has 0 unspecified atom stereocenters. The molecular weight excluding hydrogens is 290 g/mol. The fraction of sp³-hybridized carbons (Fsp3) is 0.625. The zero-order chi connectivity index (χ0) is 15.8. The Morgan fingerprint density at radius 2 is 2.17 bits per heavy atom. The van der Waals surface area contributed by atoms with Crippen molar-refractivity contribution >= 4 is 5.82 Å². The Balaban J connectivity index is 1.44. The van der Waals surface area contributed by atoms with Gasteiger partial charge in [-0.2, -0.15) is 10.2 Å². The van der Waals surface area contributed by atoms with Crippen molar-refractivity contribution in [2.45, 2.75) is 38.4 Å². The van der Waals surface area contributed by atoms with Gasteiger partial charge in [0.05, 0.1) is 12.2 Å². The lowest BCUT2D eigenvalue weighted by atomic mass is 9.92. The smallest absolute Gasteiger partial charge is 0.151 e. The van der Waals surface area contributed by atoms with Gasteiger partial charge in [0.25, 0.3) is 0 Å². The third kappa shape index (κ3) is 2.81. The molecule has 0 bridgehead atoms. The van der Waals surface area contributed by atoms with E-state index in [0.29, 0.717) is 18.0 Å². The number of piperidine rings is 1. The summed E-state index contributed by atoms with van der Waals surface area (Å²) in [5.41, 5.74) is 0.970. The number of hydrogen-bond acceptors (Lipinski definition) is 6. The minimum absolute atomic E-state index is 0.538. The lowest BCUT2D eigenvalue weighted by Crippen LogP contribution is -2.46. The van der Waals surface area contributed by atoms with E-state index in [-0.39, 0.29) is 0 Å². The van der Waals surface area contributed by atoms with Crippen molar-refractivity contribution in [3.8, 4) is 0 Å². The van der Waals surface area contributed by atoms with Gasteiger partial charge in [0.2, 0.25) is 0 Å². The fourth-order valence-electron chi connectivity index (χ4n) is 4.09. The maximum Gasteiger partial charge on any atom is 0.151 e. The molecule has 0 aromatic carbocycles. The normalized spacial score (nSPS) is 28.1. The molecule has 7 nitrogen and oxygen atoms in total. The summed E-state index contributed by atoms with van der Waals surface area (Å²) < 4.78 is 1.95. The van der Waals surface area contributed by atoms with Gasteiger partial charge in [0, 0.05) is 25.2 Å². The van der Waals surface area contributed by atoms with E-state index in [1.165, 1.54) is 12.8 Å². The van der Waals surface area contributed by atoms with E-state index in [4.69, 9.17) is 0 Å². The van der Waals surface area contributed by atoms with E-state index in [0.717, 1.165) is 31.1 Å². The van der Waals surface area contributed by atoms with Crippen LogP contribution >= 0.6 is 0 Å². The van der Waals surface area contributed by atoms with E-state index in [1.807, 2.05) is 24.0 Å². The van der Waals surface area contributed by atoms with Gasteiger partial charge in [-0.15, -0.1) is 5.10 Å². The van der Waals surface area contributed by atoms with E-state index in [9.17, 15) is 0 Å². The lowest BCUT2D eigenvalue weighted by Gasteiger charge is -2.37. The van der Waals surface area contributed by atoms with Crippen molar-refractivity contribution in [1.29, 1.82) is 0 Å². The first-order valence-electron chi connectivity index (χ1n) is 8.30. The van der Waals surface area contributed by atoms with E-state index in [1.54, 1.807) is 6.33 Å². The molecule has 122 valence electrons. The number of anilines is 1. The van der Waals surface area contributed by atoms with E-state index >= 15 is 0 Å². The number of fused-ring (bicyclic) bond motifs is 1. The van der Waals surface area contributed by atoms with Crippen LogP contribution < -0.4 is 4.90 Å². The molecule has 0 N–H and O–H groups in total. The molecule has 23 heavy (non-hydrogen) atoms. The topological polar surface area (TPSA) is 63.0 Å². The highest BCUT2D eigenvalue weighted by molar-refractivity contribution is 5.38. The van der Waals surface area contributed by atoms with E-state index in [2.05, 4.69) is 43.2 Å². The molecule has 4 rings (SSSR count). The standard InChI is InChI=1S/C16H23N7/c1-12-3-4-16(20-19-12)22-6-5-15-13(8-22)7-14(21(15)2)9-23-11-17-10-18-23/h3-4,10-11,13-15H,5-9H2,1-2H3/t13-,14+,15+/m0/s1. The quantitative estimate of drug-likeness (QED) is 0.841. The first kappa shape index (κ1) is 14.6. The summed E-state index contributed by atoms with van der Waals surface area (Å²) in [4.78, 5) is 8.98. The summed E-state index contributed by atoms with van der Waals surface area (Å²) in [6.07, 6.45) is 5.81. The number of aromatic nitrogens is 5. The monoisotopic (exact) mass is 313 g/mol. The van der Waals surface area contributed by atoms with Gasteiger partial charge >= 0.3 is 0 Å². The first-order chi connectivity index (χ1) is 11.2. The minimum atomic E-state index is 0.538. The Bertz CT molecular complexity index is 639. The van der Waals surface area contributed by atoms with Crippen molar-refractivity contribution in [2.75, 3.05) is 25.0 Å². The van der Waals surface area contributed by atoms with Gasteiger partial charge in [-0.05, 0) is 44.9 Å². The number of aryl methyl sites for hydroxylation is 1. The molecule has 2 aromatic heterocycles. The lowest BCUT2D eigenvalue weighted by molar-refractivity contribution is 0.189. The summed E-state index contributed by atoms with van der Waals surface area (Å²) in [6.45, 7) is 5.03. The Hall–Kier alpha value is -2.02. The number of hydrogen-bond donors (Lipinski definition) is 0. The van der Waals surface area contributed by atoms with Gasteiger partial charge in [-0.25, -0.2) is 4.98 Å². The van der Waals surface area contributed by atoms with Crippen molar-refractivity contribution in [3.63, 3.8) is 0 Å². The van der Waals surface area contributed by atoms with Crippen LogP contribution in [0.1, 0.15) is 18.5 Å². The number of nitrogens with zero attached hydrogens (tertiary/aromatic N) is 7. The summed E-state index contributed by atoms with van der Waals surface area (Å²) >= 11 is 0. The average Bonchev–Trinajstić information content (AvgIpc) is 3.17. The van der Waals surface area contributed by atoms with Crippen molar-refractivity contribution in [3.05, 3.63) is 30.5 Å². The fourth-order valence-corrected chi connectivity index (χ4v) is 4.09. The molecule has 4 heterocycles.